The molecular weight excluding hydrogens is 311 g/mol. The van der Waals surface area contributed by atoms with Gasteiger partial charge in [0.25, 0.3) is 0 Å². The third kappa shape index (κ3) is 5.29. The molecule has 2 rings (SSSR count). The third-order valence-corrected chi connectivity index (χ3v) is 3.64. The molecule has 2 N–H and O–H groups in total. The zero-order chi connectivity index (χ0) is 16.0. The van der Waals surface area contributed by atoms with E-state index >= 15 is 0 Å². The molecule has 0 aliphatic heterocycles. The molecule has 0 amide bonds. The van der Waals surface area contributed by atoms with Crippen LogP contribution >= 0.6 is 12.2 Å². The Morgan fingerprint density at radius 3 is 2.41 bits per heavy atom. The van der Waals surface area contributed by atoms with Crippen molar-refractivity contribution in [3.63, 3.8) is 0 Å². The molecule has 0 atom stereocenters. The summed E-state index contributed by atoms with van der Waals surface area (Å²) in [6.45, 7) is 0. The lowest BCUT2D eigenvalue weighted by atomic mass is 10.2. The van der Waals surface area contributed by atoms with E-state index in [0.29, 0.717) is 0 Å². The van der Waals surface area contributed by atoms with Gasteiger partial charge in [-0.05, 0) is 56.1 Å². The molecule has 0 spiro atoms. The zero-order valence-corrected chi connectivity index (χ0v) is 12.9. The topological polar surface area (TPSA) is 36.4 Å². The van der Waals surface area contributed by atoms with Crippen molar-refractivity contribution in [1.82, 2.24) is 5.43 Å². The van der Waals surface area contributed by atoms with Crippen LogP contribution in [0.4, 0.5) is 18.9 Å². The van der Waals surface area contributed by atoms with Gasteiger partial charge in [-0.3, -0.25) is 5.43 Å². The van der Waals surface area contributed by atoms with Crippen molar-refractivity contribution >= 4 is 28.7 Å². The van der Waals surface area contributed by atoms with E-state index in [1.165, 1.54) is 25.0 Å². The van der Waals surface area contributed by atoms with Crippen LogP contribution in [0.25, 0.3) is 0 Å². The SMILES string of the molecule is FC(F)(F)c1cccc(NC(=S)NN=C2CCCCCC2)c1. The molecule has 1 aliphatic carbocycles. The van der Waals surface area contributed by atoms with E-state index < -0.39 is 11.7 Å². The fourth-order valence-electron chi connectivity index (χ4n) is 2.31. The summed E-state index contributed by atoms with van der Waals surface area (Å²) in [4.78, 5) is 0. The number of rotatable bonds is 2. The van der Waals surface area contributed by atoms with Gasteiger partial charge in [-0.1, -0.05) is 18.9 Å². The number of nitrogens with one attached hydrogen (secondary N) is 2. The second-order valence-electron chi connectivity index (χ2n) is 5.24. The summed E-state index contributed by atoms with van der Waals surface area (Å²) < 4.78 is 37.9. The van der Waals surface area contributed by atoms with Gasteiger partial charge in [0.1, 0.15) is 0 Å². The van der Waals surface area contributed by atoms with Crippen LogP contribution in [0.15, 0.2) is 29.4 Å². The number of alkyl halides is 3. The first-order valence-corrected chi connectivity index (χ1v) is 7.66. The summed E-state index contributed by atoms with van der Waals surface area (Å²) in [5.41, 5.74) is 3.35. The Hall–Kier alpha value is -1.63. The van der Waals surface area contributed by atoms with E-state index in [1.54, 1.807) is 0 Å². The molecule has 0 aromatic heterocycles. The highest BCUT2D eigenvalue weighted by Crippen LogP contribution is 2.30. The van der Waals surface area contributed by atoms with Crippen LogP contribution in [0.3, 0.4) is 0 Å². The molecule has 0 bridgehead atoms. The molecule has 22 heavy (non-hydrogen) atoms. The minimum atomic E-state index is -4.37. The van der Waals surface area contributed by atoms with Crippen LogP contribution in [-0.2, 0) is 6.18 Å². The fraction of sp³-hybridized carbons (Fsp3) is 0.467. The minimum Gasteiger partial charge on any atom is -0.331 e. The molecule has 1 aliphatic rings. The van der Waals surface area contributed by atoms with Crippen molar-refractivity contribution in [2.24, 2.45) is 5.10 Å². The molecule has 1 saturated carbocycles. The number of anilines is 1. The summed E-state index contributed by atoms with van der Waals surface area (Å²) in [6, 6.07) is 4.91. The van der Waals surface area contributed by atoms with Crippen molar-refractivity contribution in [3.8, 4) is 0 Å². The van der Waals surface area contributed by atoms with Gasteiger partial charge in [0.15, 0.2) is 5.11 Å². The number of nitrogens with zero attached hydrogens (tertiary/aromatic N) is 1. The van der Waals surface area contributed by atoms with Crippen LogP contribution in [0.1, 0.15) is 44.1 Å². The number of benzene rings is 1. The smallest absolute Gasteiger partial charge is 0.331 e. The van der Waals surface area contributed by atoms with Crippen molar-refractivity contribution in [1.29, 1.82) is 0 Å². The normalized spacial score (nSPS) is 15.9. The van der Waals surface area contributed by atoms with E-state index in [4.69, 9.17) is 12.2 Å². The van der Waals surface area contributed by atoms with E-state index in [9.17, 15) is 13.2 Å². The average Bonchev–Trinajstić information content (AvgIpc) is 2.73. The number of thiocarbonyl (C=S) groups is 1. The first-order chi connectivity index (χ1) is 10.4. The van der Waals surface area contributed by atoms with Crippen LogP contribution in [0.2, 0.25) is 0 Å². The first-order valence-electron chi connectivity index (χ1n) is 7.25. The van der Waals surface area contributed by atoms with Crippen molar-refractivity contribution in [2.75, 3.05) is 5.32 Å². The predicted molar refractivity (Wildman–Crippen MR) is 85.9 cm³/mol. The molecular formula is C15H18F3N3S. The highest BCUT2D eigenvalue weighted by Gasteiger charge is 2.30. The quantitative estimate of drug-likeness (QED) is 0.469. The summed E-state index contributed by atoms with van der Waals surface area (Å²) in [5, 5.41) is 7.16. The van der Waals surface area contributed by atoms with E-state index in [2.05, 4.69) is 15.8 Å². The standard InChI is InChI=1S/C15H18F3N3S/c16-15(17,18)11-6-5-9-13(10-11)19-14(22)21-20-12-7-3-1-2-4-8-12/h5-6,9-10H,1-4,7-8H2,(H2,19,21,22). The maximum Gasteiger partial charge on any atom is 0.416 e. The Morgan fingerprint density at radius 2 is 1.77 bits per heavy atom. The summed E-state index contributed by atoms with van der Waals surface area (Å²) in [7, 11) is 0. The molecule has 0 heterocycles. The van der Waals surface area contributed by atoms with Crippen LogP contribution in [0, 0.1) is 0 Å². The Balaban J connectivity index is 1.93. The molecule has 0 saturated heterocycles. The monoisotopic (exact) mass is 329 g/mol. The van der Waals surface area contributed by atoms with Gasteiger partial charge in [0.05, 0.1) is 5.56 Å². The second kappa shape index (κ2) is 7.58. The number of hydrogen-bond donors (Lipinski definition) is 2. The van der Waals surface area contributed by atoms with Crippen LogP contribution in [-0.4, -0.2) is 10.8 Å². The minimum absolute atomic E-state index is 0.191. The maximum atomic E-state index is 12.6. The van der Waals surface area contributed by atoms with Crippen LogP contribution < -0.4 is 10.7 Å². The largest absolute Gasteiger partial charge is 0.416 e. The lowest BCUT2D eigenvalue weighted by Crippen LogP contribution is -2.25. The Bertz CT molecular complexity index is 545. The molecule has 120 valence electrons. The Kier molecular flexibility index (Phi) is 5.76. The number of hydrazone groups is 1. The van der Waals surface area contributed by atoms with Crippen molar-refractivity contribution < 1.29 is 13.2 Å². The molecule has 3 nitrogen and oxygen atoms in total. The molecule has 1 aromatic rings. The molecule has 1 fully saturated rings. The second-order valence-corrected chi connectivity index (χ2v) is 5.64. The van der Waals surface area contributed by atoms with Crippen molar-refractivity contribution in [3.05, 3.63) is 29.8 Å². The number of hydrogen-bond acceptors (Lipinski definition) is 2. The van der Waals surface area contributed by atoms with Gasteiger partial charge in [-0.2, -0.15) is 18.3 Å². The maximum absolute atomic E-state index is 12.6. The lowest BCUT2D eigenvalue weighted by molar-refractivity contribution is -0.137. The summed E-state index contributed by atoms with van der Waals surface area (Å²) >= 11 is 5.06. The highest BCUT2D eigenvalue weighted by atomic mass is 32.1. The number of halogens is 3. The molecule has 0 radical (unpaired) electrons. The summed E-state index contributed by atoms with van der Waals surface area (Å²) in [5.74, 6) is 0. The van der Waals surface area contributed by atoms with E-state index in [0.717, 1.165) is 43.5 Å². The third-order valence-electron chi connectivity index (χ3n) is 3.44. The highest BCUT2D eigenvalue weighted by molar-refractivity contribution is 7.80. The van der Waals surface area contributed by atoms with Gasteiger partial charge in [-0.25, -0.2) is 0 Å². The van der Waals surface area contributed by atoms with Gasteiger partial charge in [0.2, 0.25) is 0 Å². The van der Waals surface area contributed by atoms with Gasteiger partial charge in [0, 0.05) is 11.4 Å². The van der Waals surface area contributed by atoms with E-state index in [1.807, 2.05) is 0 Å². The van der Waals surface area contributed by atoms with Gasteiger partial charge < -0.3 is 5.32 Å². The lowest BCUT2D eigenvalue weighted by Gasteiger charge is -2.11. The van der Waals surface area contributed by atoms with Gasteiger partial charge in [-0.15, -0.1) is 0 Å². The molecule has 7 heteroatoms. The predicted octanol–water partition coefficient (Wildman–Crippen LogP) is 4.70. The fourth-order valence-corrected chi connectivity index (χ4v) is 2.47. The Morgan fingerprint density at radius 1 is 1.09 bits per heavy atom. The van der Waals surface area contributed by atoms with Crippen LogP contribution in [0.5, 0.6) is 0 Å². The van der Waals surface area contributed by atoms with E-state index in [-0.39, 0.29) is 10.8 Å². The van der Waals surface area contributed by atoms with Gasteiger partial charge >= 0.3 is 6.18 Å². The average molecular weight is 329 g/mol. The Labute approximate surface area is 133 Å². The van der Waals surface area contributed by atoms with Crippen molar-refractivity contribution in [2.45, 2.75) is 44.7 Å². The summed E-state index contributed by atoms with van der Waals surface area (Å²) in [6.07, 6.45) is 2.19. The first kappa shape index (κ1) is 16.7. The zero-order valence-electron chi connectivity index (χ0n) is 12.0. The molecule has 0 unspecified atom stereocenters. The molecule has 1 aromatic carbocycles.